The zero-order valence-electron chi connectivity index (χ0n) is 78.1. The third-order valence-corrected chi connectivity index (χ3v) is 33.3. The molecular formula is C134H96Br4. The van der Waals surface area contributed by atoms with Crippen LogP contribution in [0.5, 0.6) is 0 Å². The minimum Gasteiger partial charge on any atom is -0.0619 e. The van der Waals surface area contributed by atoms with Gasteiger partial charge in [0.1, 0.15) is 0 Å². The lowest BCUT2D eigenvalue weighted by molar-refractivity contribution is 0.588. The summed E-state index contributed by atoms with van der Waals surface area (Å²) in [6.07, 6.45) is 0. The van der Waals surface area contributed by atoms with E-state index in [0.717, 1.165) is 17.9 Å². The van der Waals surface area contributed by atoms with Crippen molar-refractivity contribution in [3.05, 3.63) is 566 Å². The Morgan fingerprint density at radius 2 is 0.355 bits per heavy atom. The van der Waals surface area contributed by atoms with Crippen LogP contribution in [0.4, 0.5) is 0 Å². The predicted molar refractivity (Wildman–Crippen MR) is 590 cm³/mol. The summed E-state index contributed by atoms with van der Waals surface area (Å²) in [4.78, 5) is 0. The summed E-state index contributed by atoms with van der Waals surface area (Å²) >= 11 is 15.5. The molecule has 8 aliphatic carbocycles. The maximum Gasteiger partial charge on any atom is 0.0726 e. The van der Waals surface area contributed by atoms with E-state index in [1.807, 2.05) is 0 Å². The highest BCUT2D eigenvalue weighted by Gasteiger charge is 2.56. The molecule has 4 spiro atoms. The Balaban J connectivity index is 0.0000000976. The summed E-state index contributed by atoms with van der Waals surface area (Å²) in [5, 5.41) is 0. The molecule has 0 N–H and O–H groups in total. The third kappa shape index (κ3) is 12.5. The number of hydrogen-bond donors (Lipinski definition) is 0. The highest BCUT2D eigenvalue weighted by Crippen LogP contribution is 2.68. The molecule has 4 heteroatoms. The van der Waals surface area contributed by atoms with E-state index in [1.54, 1.807) is 0 Å². The van der Waals surface area contributed by atoms with E-state index in [4.69, 9.17) is 0 Å². The molecule has 138 heavy (non-hydrogen) atoms. The van der Waals surface area contributed by atoms with E-state index >= 15 is 0 Å². The van der Waals surface area contributed by atoms with E-state index in [9.17, 15) is 0 Å². The van der Waals surface area contributed by atoms with E-state index in [-0.39, 0.29) is 21.7 Å². The van der Waals surface area contributed by atoms with E-state index in [0.29, 0.717) is 0 Å². The van der Waals surface area contributed by atoms with Gasteiger partial charge in [0.15, 0.2) is 0 Å². The monoisotopic (exact) mass is 2020 g/mol. The molecule has 28 rings (SSSR count). The van der Waals surface area contributed by atoms with Gasteiger partial charge in [-0.3, -0.25) is 0 Å². The highest BCUT2D eigenvalue weighted by molar-refractivity contribution is 9.11. The molecule has 2 atom stereocenters. The van der Waals surface area contributed by atoms with E-state index in [2.05, 4.69) is 556 Å². The molecule has 0 amide bonds. The molecule has 0 saturated carbocycles. The van der Waals surface area contributed by atoms with Gasteiger partial charge in [-0.25, -0.2) is 0 Å². The summed E-state index contributed by atoms with van der Waals surface area (Å²) < 4.78 is 4.46. The maximum atomic E-state index is 3.99. The lowest BCUT2D eigenvalue weighted by Gasteiger charge is -2.36. The number of halogens is 4. The molecule has 8 aliphatic rings. The van der Waals surface area contributed by atoms with Crippen molar-refractivity contribution in [3.8, 4) is 134 Å². The first-order chi connectivity index (χ1) is 67.2. The van der Waals surface area contributed by atoms with Gasteiger partial charge >= 0.3 is 0 Å². The number of benzene rings is 20. The van der Waals surface area contributed by atoms with Crippen molar-refractivity contribution in [2.45, 2.75) is 87.9 Å². The fourth-order valence-corrected chi connectivity index (χ4v) is 27.1. The Bertz CT molecular complexity index is 8230. The predicted octanol–water partition coefficient (Wildman–Crippen LogP) is 37.1. The van der Waals surface area contributed by atoms with Crippen LogP contribution in [0.1, 0.15) is 153 Å². The Labute approximate surface area is 843 Å². The number of rotatable bonds is 0. The van der Waals surface area contributed by atoms with Gasteiger partial charge in [-0.15, -0.1) is 0 Å². The largest absolute Gasteiger partial charge is 0.0726 e. The maximum absolute atomic E-state index is 3.99. The van der Waals surface area contributed by atoms with Gasteiger partial charge in [-0.05, 0) is 295 Å². The Morgan fingerprint density at radius 1 is 0.152 bits per heavy atom. The third-order valence-electron chi connectivity index (χ3n) is 31.1. The van der Waals surface area contributed by atoms with Gasteiger partial charge in [0.25, 0.3) is 0 Å². The van der Waals surface area contributed by atoms with Crippen molar-refractivity contribution in [2.75, 3.05) is 0 Å². The molecule has 20 aromatic rings. The van der Waals surface area contributed by atoms with Gasteiger partial charge in [-0.2, -0.15) is 0 Å². The van der Waals surface area contributed by atoms with Crippen molar-refractivity contribution in [2.24, 2.45) is 0 Å². The first-order valence-electron chi connectivity index (χ1n) is 48.1. The lowest BCUT2D eigenvalue weighted by Crippen LogP contribution is -2.30. The van der Waals surface area contributed by atoms with Crippen LogP contribution in [-0.4, -0.2) is 0 Å². The molecular weight excluding hydrogens is 1930 g/mol. The average Bonchev–Trinajstić information content (AvgIpc) is 1.53. The molecule has 660 valence electrons. The summed E-state index contributed by atoms with van der Waals surface area (Å²) in [6, 6.07) is 163. The average molecular weight is 2030 g/mol. The Morgan fingerprint density at radius 3 is 0.681 bits per heavy atom. The molecule has 0 aromatic heterocycles. The van der Waals surface area contributed by atoms with Crippen molar-refractivity contribution < 1.29 is 0 Å². The second kappa shape index (κ2) is 32.5. The fourth-order valence-electron chi connectivity index (χ4n) is 25.5. The normalized spacial score (nSPS) is 15.6. The standard InChI is InChI=1S/2C35H27Br.2C32H21Br/c1-34(2,3)22-19-20-26-25-13-7-9-16-29(25)35(31(26)21-22)28-15-8-6-12-24(28)23-11-4-5-14-27(23)33-30(35)17-10-18-32(33)36;1-34(2,3)22-16-18-29-27-13-7-9-15-31(27)35(32(29)20-22)30-14-8-6-12-26(30)24-10-4-5-11-25(24)28-19-17-23(36)21-33(28)35;1-20-14-17-30-27(18-20)23-9-3-2-8-22(23)26-16-15-21(33)19-31(26)32(30)28-12-6-4-10-24(28)25-11-5-7-13-29(25)32;1-20-14-16-26-22-8-2-3-9-23(22)27-17-15-21(33)19-31(27)32(30(26)18-20)28-12-6-4-10-24(28)25-11-5-7-13-29(25)32/h2*4-21H,1-3H3;2*2-19H,1H3. The molecule has 0 saturated heterocycles. The van der Waals surface area contributed by atoms with Gasteiger partial charge in [0.2, 0.25) is 0 Å². The second-order valence-electron chi connectivity index (χ2n) is 40.4. The van der Waals surface area contributed by atoms with Gasteiger partial charge in [0, 0.05) is 23.5 Å². The lowest BCUT2D eigenvalue weighted by atomic mass is 9.65. The van der Waals surface area contributed by atoms with Crippen LogP contribution in [0.25, 0.3) is 134 Å². The van der Waals surface area contributed by atoms with Crippen molar-refractivity contribution in [1.29, 1.82) is 0 Å². The first-order valence-corrected chi connectivity index (χ1v) is 51.3. The van der Waals surface area contributed by atoms with Crippen molar-refractivity contribution >= 4 is 63.7 Å². The van der Waals surface area contributed by atoms with Crippen LogP contribution in [0.15, 0.2) is 455 Å². The van der Waals surface area contributed by atoms with Crippen molar-refractivity contribution in [3.63, 3.8) is 0 Å². The number of hydrogen-bond acceptors (Lipinski definition) is 0. The van der Waals surface area contributed by atoms with E-state index < -0.39 is 10.8 Å². The van der Waals surface area contributed by atoms with Crippen molar-refractivity contribution in [1.82, 2.24) is 0 Å². The minimum absolute atomic E-state index is 0.0539. The minimum atomic E-state index is -0.415. The Hall–Kier alpha value is -13.7. The SMILES string of the molecule is CC(C)(C)c1ccc2c(c1)C1(c3ccccc3-c3ccccc3-c3c(Br)cccc31)c1ccccc1-2.CC(C)(C)c1ccc2c(c1)C1(c3ccccc3-c3ccccc3-c3ccc(Br)cc31)c1ccccc1-2.Cc1ccc2c(c1)-c1ccccc1-c1ccc(Br)cc1C21c2ccccc2-c2ccccc21.Cc1ccc2c(c1)C1(c3cc(Br)ccc3-c3ccccc3-2)c2ccccc2-c2ccccc21. The molecule has 0 bridgehead atoms. The fraction of sp³-hybridized carbons (Fsp3) is 0.104. The molecule has 20 aromatic carbocycles. The molecule has 0 nitrogen and oxygen atoms in total. The molecule has 0 aliphatic heterocycles. The zero-order valence-corrected chi connectivity index (χ0v) is 84.4. The molecule has 0 radical (unpaired) electrons. The van der Waals surface area contributed by atoms with Gasteiger partial charge in [-0.1, -0.05) is 511 Å². The highest BCUT2D eigenvalue weighted by atomic mass is 79.9. The van der Waals surface area contributed by atoms with Crippen LogP contribution in [0.3, 0.4) is 0 Å². The summed E-state index contributed by atoms with van der Waals surface area (Å²) in [5.41, 5.74) is 57.0. The summed E-state index contributed by atoms with van der Waals surface area (Å²) in [6.45, 7) is 18.3. The molecule has 0 fully saturated rings. The topological polar surface area (TPSA) is 0 Å². The van der Waals surface area contributed by atoms with Gasteiger partial charge in [0.05, 0.1) is 21.7 Å². The first kappa shape index (κ1) is 85.9. The molecule has 0 heterocycles. The zero-order chi connectivity index (χ0) is 93.6. The number of aryl methyl sites for hydroxylation is 2. The number of fused-ring (bicyclic) bond motifs is 48. The van der Waals surface area contributed by atoms with Crippen LogP contribution in [0.2, 0.25) is 0 Å². The van der Waals surface area contributed by atoms with E-state index in [1.165, 1.54) is 245 Å². The second-order valence-corrected chi connectivity index (χ2v) is 44.0. The van der Waals surface area contributed by atoms with Crippen LogP contribution >= 0.6 is 63.7 Å². The van der Waals surface area contributed by atoms with Gasteiger partial charge < -0.3 is 0 Å². The van der Waals surface area contributed by atoms with Crippen LogP contribution in [-0.2, 0) is 32.5 Å². The van der Waals surface area contributed by atoms with Crippen LogP contribution in [0, 0.1) is 13.8 Å². The Kier molecular flexibility index (Phi) is 20.2. The smallest absolute Gasteiger partial charge is 0.0619 e. The summed E-state index contributed by atoms with van der Waals surface area (Å²) in [7, 11) is 0. The summed E-state index contributed by atoms with van der Waals surface area (Å²) in [5.74, 6) is 0. The van der Waals surface area contributed by atoms with Crippen LogP contribution < -0.4 is 0 Å². The molecule has 2 unspecified atom stereocenters. The quantitative estimate of drug-likeness (QED) is 0.142.